The van der Waals surface area contributed by atoms with Crippen LogP contribution in [-0.2, 0) is 27.2 Å². The number of hydrogen-bond acceptors (Lipinski definition) is 6. The van der Waals surface area contributed by atoms with E-state index in [0.717, 1.165) is 102 Å². The molecule has 4 N–H and O–H groups in total. The molecule has 1 aromatic rings. The molecule has 3 heterocycles. The zero-order chi connectivity index (χ0) is 26.3. The Kier molecular flexibility index (Phi) is 11.2. The lowest BCUT2D eigenvalue weighted by atomic mass is 9.75. The Morgan fingerprint density at radius 1 is 1.18 bits per heavy atom. The quantitative estimate of drug-likeness (QED) is 0.353. The van der Waals surface area contributed by atoms with Gasteiger partial charge in [0.1, 0.15) is 11.9 Å². The Balaban J connectivity index is 0.00000400. The van der Waals surface area contributed by atoms with E-state index in [-0.39, 0.29) is 36.7 Å². The predicted molar refractivity (Wildman–Crippen MR) is 150 cm³/mol. The lowest BCUT2D eigenvalue weighted by Gasteiger charge is -2.33. The second kappa shape index (κ2) is 14.1. The van der Waals surface area contributed by atoms with Crippen LogP contribution in [0.2, 0.25) is 0 Å². The first-order valence-corrected chi connectivity index (χ1v) is 14.1. The first kappa shape index (κ1) is 30.2. The second-order valence-electron chi connectivity index (χ2n) is 11.3. The molecule has 2 amide bonds. The van der Waals surface area contributed by atoms with Crippen LogP contribution in [0.25, 0.3) is 0 Å². The van der Waals surface area contributed by atoms with Crippen LogP contribution >= 0.6 is 12.4 Å². The summed E-state index contributed by atoms with van der Waals surface area (Å²) < 4.78 is 0. The van der Waals surface area contributed by atoms with E-state index in [9.17, 15) is 19.5 Å². The smallest absolute Gasteiger partial charge is 0.328 e. The van der Waals surface area contributed by atoms with E-state index in [1.807, 2.05) is 6.92 Å². The lowest BCUT2D eigenvalue weighted by Crippen LogP contribution is -2.53. The number of aromatic nitrogens is 1. The van der Waals surface area contributed by atoms with Gasteiger partial charge in [0.05, 0.1) is 5.92 Å². The summed E-state index contributed by atoms with van der Waals surface area (Å²) in [4.78, 5) is 44.6. The molecule has 1 saturated carbocycles. The first-order chi connectivity index (χ1) is 17.8. The number of anilines is 1. The zero-order valence-electron chi connectivity index (χ0n) is 22.6. The van der Waals surface area contributed by atoms with Crippen LogP contribution in [0.5, 0.6) is 0 Å². The molecule has 38 heavy (non-hydrogen) atoms. The summed E-state index contributed by atoms with van der Waals surface area (Å²) in [6, 6.07) is 3.20. The fourth-order valence-corrected chi connectivity index (χ4v) is 5.90. The number of carbonyl (C=O) groups excluding carboxylic acids is 2. The van der Waals surface area contributed by atoms with Gasteiger partial charge in [-0.2, -0.15) is 0 Å². The molecule has 212 valence electrons. The van der Waals surface area contributed by atoms with Crippen LogP contribution in [0.1, 0.15) is 76.0 Å². The summed E-state index contributed by atoms with van der Waals surface area (Å²) in [5, 5.41) is 18.5. The molecule has 1 saturated heterocycles. The van der Waals surface area contributed by atoms with Crippen molar-refractivity contribution in [2.24, 2.45) is 11.3 Å². The normalized spacial score (nSPS) is 21.7. The number of pyridine rings is 1. The van der Waals surface area contributed by atoms with Gasteiger partial charge in [0.25, 0.3) is 0 Å². The lowest BCUT2D eigenvalue weighted by molar-refractivity contribution is -0.144. The predicted octanol–water partition coefficient (Wildman–Crippen LogP) is 3.16. The minimum Gasteiger partial charge on any atom is -0.480 e. The standard InChI is InChI=1S/C28H43N5O4.ClH/c1-28(13-3-2-4-14-28)27(37)32-23(26(35)36)18-30-25(34)21-9-6-16-33(19-21)17-7-10-22-12-11-20-8-5-15-29-24(20)31-22;/h11-12,21,23H,2-10,13-19H2,1H3,(H,29,31)(H,30,34)(H,32,37)(H,35,36);1H/t21-,23?;/m1./s1. The Labute approximate surface area is 232 Å². The summed E-state index contributed by atoms with van der Waals surface area (Å²) >= 11 is 0. The van der Waals surface area contributed by atoms with Gasteiger partial charge < -0.3 is 26.0 Å². The van der Waals surface area contributed by atoms with E-state index in [2.05, 4.69) is 33.0 Å². The zero-order valence-corrected chi connectivity index (χ0v) is 23.4. The van der Waals surface area contributed by atoms with Crippen LogP contribution in [0.15, 0.2) is 12.1 Å². The van der Waals surface area contributed by atoms with Crippen molar-refractivity contribution >= 4 is 36.0 Å². The number of hydrogen-bond donors (Lipinski definition) is 4. The topological polar surface area (TPSA) is 124 Å². The number of aryl methyl sites for hydroxylation is 2. The number of carboxylic acid groups (broad SMARTS) is 1. The van der Waals surface area contributed by atoms with E-state index < -0.39 is 17.4 Å². The molecule has 2 atom stereocenters. The van der Waals surface area contributed by atoms with Crippen LogP contribution in [-0.4, -0.2) is 71.5 Å². The largest absolute Gasteiger partial charge is 0.480 e. The first-order valence-electron chi connectivity index (χ1n) is 14.1. The molecule has 0 aromatic carbocycles. The van der Waals surface area contributed by atoms with Crippen LogP contribution in [0, 0.1) is 11.3 Å². The number of nitrogens with zero attached hydrogens (tertiary/aromatic N) is 2. The molecule has 0 bridgehead atoms. The minimum absolute atomic E-state index is 0. The molecule has 4 rings (SSSR count). The third-order valence-corrected chi connectivity index (χ3v) is 8.32. The van der Waals surface area contributed by atoms with Gasteiger partial charge >= 0.3 is 5.97 Å². The highest BCUT2D eigenvalue weighted by Gasteiger charge is 2.37. The van der Waals surface area contributed by atoms with Gasteiger partial charge in [0.15, 0.2) is 0 Å². The van der Waals surface area contributed by atoms with E-state index in [1.54, 1.807) is 0 Å². The molecule has 0 spiro atoms. The fraction of sp³-hybridized carbons (Fsp3) is 0.714. The van der Waals surface area contributed by atoms with Gasteiger partial charge in [-0.1, -0.05) is 32.3 Å². The summed E-state index contributed by atoms with van der Waals surface area (Å²) in [6.45, 7) is 5.35. The fourth-order valence-electron chi connectivity index (χ4n) is 5.90. The average molecular weight is 550 g/mol. The minimum atomic E-state index is -1.12. The number of carboxylic acids is 1. The van der Waals surface area contributed by atoms with Crippen molar-refractivity contribution in [3.8, 4) is 0 Å². The highest BCUT2D eigenvalue weighted by molar-refractivity contribution is 5.88. The van der Waals surface area contributed by atoms with E-state index >= 15 is 0 Å². The third-order valence-electron chi connectivity index (χ3n) is 8.32. The van der Waals surface area contributed by atoms with Gasteiger partial charge in [-0.15, -0.1) is 12.4 Å². The molecule has 1 aliphatic carbocycles. The van der Waals surface area contributed by atoms with Gasteiger partial charge in [0.2, 0.25) is 11.8 Å². The number of likely N-dealkylation sites (tertiary alicyclic amines) is 1. The summed E-state index contributed by atoms with van der Waals surface area (Å²) in [7, 11) is 0. The maximum atomic E-state index is 12.9. The Bertz CT molecular complexity index is 969. The molecule has 1 unspecified atom stereocenters. The van der Waals surface area contributed by atoms with Crippen LogP contribution in [0.4, 0.5) is 5.82 Å². The molecule has 2 aliphatic heterocycles. The van der Waals surface area contributed by atoms with Crippen LogP contribution < -0.4 is 16.0 Å². The van der Waals surface area contributed by atoms with Crippen molar-refractivity contribution in [3.63, 3.8) is 0 Å². The van der Waals surface area contributed by atoms with Gasteiger partial charge in [0, 0.05) is 30.7 Å². The number of carbonyl (C=O) groups is 3. The Morgan fingerprint density at radius 3 is 2.74 bits per heavy atom. The van der Waals surface area contributed by atoms with Crippen molar-refractivity contribution in [2.45, 2.75) is 83.6 Å². The summed E-state index contributed by atoms with van der Waals surface area (Å²) in [5.74, 6) is -0.606. The van der Waals surface area contributed by atoms with Crippen LogP contribution in [0.3, 0.4) is 0 Å². The summed E-state index contributed by atoms with van der Waals surface area (Å²) in [5.41, 5.74) is 1.88. The third kappa shape index (κ3) is 8.06. The number of nitrogens with one attached hydrogen (secondary N) is 3. The molecular weight excluding hydrogens is 506 g/mol. The van der Waals surface area contributed by atoms with Gasteiger partial charge in [-0.05, 0) is 76.1 Å². The number of amides is 2. The van der Waals surface area contributed by atoms with Crippen molar-refractivity contribution in [1.82, 2.24) is 20.5 Å². The maximum absolute atomic E-state index is 12.9. The van der Waals surface area contributed by atoms with Crippen molar-refractivity contribution in [2.75, 3.05) is 38.0 Å². The SMILES string of the molecule is CC1(C(=O)NC(CNC(=O)[C@@H]2CCCN(CCCc3ccc4c(n3)NCCC4)C2)C(=O)O)CCCCC1.Cl. The summed E-state index contributed by atoms with van der Waals surface area (Å²) in [6.07, 6.45) is 10.5. The molecule has 9 nitrogen and oxygen atoms in total. The number of piperidine rings is 1. The molecule has 0 radical (unpaired) electrons. The van der Waals surface area contributed by atoms with Gasteiger partial charge in [-0.3, -0.25) is 9.59 Å². The highest BCUT2D eigenvalue weighted by Crippen LogP contribution is 2.36. The van der Waals surface area contributed by atoms with Crippen molar-refractivity contribution < 1.29 is 19.5 Å². The van der Waals surface area contributed by atoms with Gasteiger partial charge in [-0.25, -0.2) is 9.78 Å². The van der Waals surface area contributed by atoms with Crippen molar-refractivity contribution in [1.29, 1.82) is 0 Å². The van der Waals surface area contributed by atoms with E-state index in [0.29, 0.717) is 6.54 Å². The molecule has 3 aliphatic rings. The Morgan fingerprint density at radius 2 is 1.97 bits per heavy atom. The molecule has 10 heteroatoms. The number of rotatable bonds is 10. The Hall–Kier alpha value is -2.39. The van der Waals surface area contributed by atoms with E-state index in [1.165, 1.54) is 5.56 Å². The molecule has 2 fully saturated rings. The number of aliphatic carboxylic acids is 1. The molecule has 1 aromatic heterocycles. The monoisotopic (exact) mass is 549 g/mol. The second-order valence-corrected chi connectivity index (χ2v) is 11.3. The number of fused-ring (bicyclic) bond motifs is 1. The average Bonchev–Trinajstić information content (AvgIpc) is 2.91. The van der Waals surface area contributed by atoms with Crippen molar-refractivity contribution in [3.05, 3.63) is 23.4 Å². The number of halogens is 1. The molecular formula is C28H44ClN5O4. The maximum Gasteiger partial charge on any atom is 0.328 e. The van der Waals surface area contributed by atoms with E-state index in [4.69, 9.17) is 4.98 Å². The highest BCUT2D eigenvalue weighted by atomic mass is 35.5.